The Kier molecular flexibility index (Phi) is 12.4. The van der Waals surface area contributed by atoms with Gasteiger partial charge in [0, 0.05) is 47.7 Å². The molecule has 0 aliphatic carbocycles. The monoisotopic (exact) mass is 859 g/mol. The molecular formula is C49H62FN7O4Si. The van der Waals surface area contributed by atoms with Crippen LogP contribution in [0.1, 0.15) is 82.5 Å². The van der Waals surface area contributed by atoms with Crippen molar-refractivity contribution in [2.75, 3.05) is 47.6 Å². The fraction of sp³-hybridized carbons (Fsp3) is 0.469. The molecule has 0 radical (unpaired) electrons. The molecule has 1 aromatic heterocycles. The number of hydrogen-bond acceptors (Lipinski definition) is 8. The molecule has 3 aromatic carbocycles. The number of nitrogens with one attached hydrogen (secondary N) is 1. The minimum Gasteiger partial charge on any atom is -0.395 e. The number of fused-ring (bicyclic) bond motifs is 2. The van der Waals surface area contributed by atoms with Gasteiger partial charge in [0.05, 0.1) is 36.7 Å². The lowest BCUT2D eigenvalue weighted by atomic mass is 9.82. The molecule has 5 atom stereocenters. The van der Waals surface area contributed by atoms with Crippen LogP contribution in [0.15, 0.2) is 108 Å². The van der Waals surface area contributed by atoms with E-state index in [1.165, 1.54) is 11.1 Å². The fourth-order valence-corrected chi connectivity index (χ4v) is 13.2. The van der Waals surface area contributed by atoms with Gasteiger partial charge in [-0.05, 0) is 115 Å². The maximum absolute atomic E-state index is 16.9. The van der Waals surface area contributed by atoms with Crippen LogP contribution in [0.25, 0.3) is 0 Å². The van der Waals surface area contributed by atoms with E-state index in [1.54, 1.807) is 17.8 Å². The van der Waals surface area contributed by atoms with Gasteiger partial charge in [0.15, 0.2) is 5.60 Å². The summed E-state index contributed by atoms with van der Waals surface area (Å²) in [7, 11) is -3.47. The summed E-state index contributed by atoms with van der Waals surface area (Å²) in [6.07, 6.45) is 9.16. The van der Waals surface area contributed by atoms with E-state index in [0.717, 1.165) is 42.9 Å². The number of hydrogen-bond donors (Lipinski definition) is 2. The Labute approximate surface area is 366 Å². The van der Waals surface area contributed by atoms with Crippen molar-refractivity contribution in [2.45, 2.75) is 108 Å². The lowest BCUT2D eigenvalue weighted by molar-refractivity contribution is -0.145. The van der Waals surface area contributed by atoms with Crippen LogP contribution in [0.4, 0.5) is 21.2 Å². The Bertz CT molecular complexity index is 2300. The van der Waals surface area contributed by atoms with Crippen LogP contribution >= 0.6 is 0 Å². The first-order valence-electron chi connectivity index (χ1n) is 22.3. The van der Waals surface area contributed by atoms with E-state index in [-0.39, 0.29) is 24.3 Å². The number of anilines is 3. The van der Waals surface area contributed by atoms with Gasteiger partial charge in [-0.25, -0.2) is 0 Å². The number of piperidine rings is 1. The summed E-state index contributed by atoms with van der Waals surface area (Å²) in [5.74, 6) is -0.973. The second kappa shape index (κ2) is 17.7. The van der Waals surface area contributed by atoms with Gasteiger partial charge in [-0.1, -0.05) is 84.0 Å². The second-order valence-corrected chi connectivity index (χ2v) is 22.3. The second-order valence-electron chi connectivity index (χ2n) is 18.5. The number of aryl methyl sites for hydroxylation is 1. The van der Waals surface area contributed by atoms with Crippen LogP contribution in [-0.4, -0.2) is 84.9 Å². The van der Waals surface area contributed by atoms with Crippen LogP contribution < -0.4 is 20.0 Å². The van der Waals surface area contributed by atoms with Crippen molar-refractivity contribution in [3.05, 3.63) is 125 Å². The average molecular weight is 860 g/mol. The topological polar surface area (TPSA) is 116 Å². The number of benzene rings is 3. The smallest absolute Gasteiger partial charge is 0.264 e. The maximum atomic E-state index is 16.9. The molecule has 0 saturated carbocycles. The largest absolute Gasteiger partial charge is 0.395 e. The number of allylic oxidation sites excluding steroid dienone is 3. The Morgan fingerprint density at radius 3 is 2.37 bits per heavy atom. The molecular weight excluding hydrogens is 798 g/mol. The third kappa shape index (κ3) is 7.97. The molecule has 2 spiro atoms. The fourth-order valence-electron chi connectivity index (χ4n) is 10.7. The van der Waals surface area contributed by atoms with Crippen molar-refractivity contribution in [3.8, 4) is 0 Å². The van der Waals surface area contributed by atoms with Crippen LogP contribution in [0.3, 0.4) is 0 Å². The Morgan fingerprint density at radius 2 is 1.69 bits per heavy atom. The van der Waals surface area contributed by atoms with Gasteiger partial charge >= 0.3 is 0 Å². The number of carbonyl (C=O) groups is 2. The van der Waals surface area contributed by atoms with Gasteiger partial charge in [0.1, 0.15) is 5.54 Å². The molecule has 11 nitrogen and oxygen atoms in total. The zero-order valence-electron chi connectivity index (χ0n) is 37.1. The quantitative estimate of drug-likeness (QED) is 0.0741. The summed E-state index contributed by atoms with van der Waals surface area (Å²) in [5.41, 5.74) is 4.49. The molecule has 4 aliphatic rings. The molecule has 5 heterocycles. The van der Waals surface area contributed by atoms with E-state index in [4.69, 9.17) is 4.74 Å². The number of para-hydroxylation sites is 1. The van der Waals surface area contributed by atoms with E-state index in [1.807, 2.05) is 89.7 Å². The van der Waals surface area contributed by atoms with E-state index in [0.29, 0.717) is 56.0 Å². The third-order valence-corrected chi connectivity index (χ3v) is 16.3. The van der Waals surface area contributed by atoms with Gasteiger partial charge in [-0.15, -0.1) is 5.10 Å². The van der Waals surface area contributed by atoms with E-state index in [2.05, 4.69) is 65.6 Å². The van der Waals surface area contributed by atoms with E-state index >= 15 is 8.90 Å². The molecule has 328 valence electrons. The molecule has 1 unspecified atom stereocenters. The SMILES string of the molecule is CC(C)=CCC/C(C)=C/CN1C(=O)[C@@]2(O[C@@H](CCn3cc(C(CO)c4ccccc4)nn3)[C@H]([Si](C)(C)F)[C@H]2C)c2cc(N3CN(c4ccccc4)C4(CCNCC4)C3=O)ccc21. The number of halogens is 1. The number of carbonyl (C=O) groups excluding carboxylic acids is 2. The Balaban J connectivity index is 1.15. The zero-order valence-corrected chi connectivity index (χ0v) is 38.1. The number of rotatable bonds is 14. The van der Waals surface area contributed by atoms with Crippen molar-refractivity contribution >= 4 is 37.3 Å². The number of aliphatic hydroxyl groups excluding tert-OH is 1. The van der Waals surface area contributed by atoms with Gasteiger partial charge in [0.2, 0.25) is 8.41 Å². The van der Waals surface area contributed by atoms with Gasteiger partial charge in [-0.3, -0.25) is 19.2 Å². The summed E-state index contributed by atoms with van der Waals surface area (Å²) >= 11 is 0. The minimum atomic E-state index is -3.47. The summed E-state index contributed by atoms with van der Waals surface area (Å²) in [5, 5.41) is 22.6. The van der Waals surface area contributed by atoms with Crippen LogP contribution in [0.5, 0.6) is 0 Å². The van der Waals surface area contributed by atoms with Crippen LogP contribution in [0, 0.1) is 5.92 Å². The first kappa shape index (κ1) is 43.7. The van der Waals surface area contributed by atoms with Crippen molar-refractivity contribution in [2.24, 2.45) is 5.92 Å². The standard InChI is InChI=1S/C49H62FN7O4Si/c1-34(2)14-13-15-35(3)22-29-55-43-21-20-39(56-33-57(38-18-11-8-12-19-38)48(46(56)59)24-26-51-27-25-48)30-41(43)49(47(55)60)36(4)45(62(5,6)50)44(61-49)23-28-54-31-42(52-53-54)40(32-58)37-16-9-7-10-17-37/h7-12,14,16-22,30-31,36,40,44-45,51,58H,13,15,23-29,32-33H2,1-6H3/b35-22+/t36-,40?,44+,45-,49+/m1/s1. The number of amides is 2. The summed E-state index contributed by atoms with van der Waals surface area (Å²) < 4.78 is 25.8. The van der Waals surface area contributed by atoms with Crippen molar-refractivity contribution in [3.63, 3.8) is 0 Å². The van der Waals surface area contributed by atoms with Crippen molar-refractivity contribution < 1.29 is 23.5 Å². The Hall–Kier alpha value is -4.95. The maximum Gasteiger partial charge on any atom is 0.264 e. The molecule has 4 aromatic rings. The zero-order chi connectivity index (χ0) is 43.8. The molecule has 13 heteroatoms. The van der Waals surface area contributed by atoms with Crippen LogP contribution in [-0.2, 0) is 26.5 Å². The summed E-state index contributed by atoms with van der Waals surface area (Å²) in [4.78, 5) is 36.1. The highest BCUT2D eigenvalue weighted by Gasteiger charge is 2.67. The highest BCUT2D eigenvalue weighted by atomic mass is 28.4. The van der Waals surface area contributed by atoms with E-state index in [9.17, 15) is 9.90 Å². The summed E-state index contributed by atoms with van der Waals surface area (Å²) in [6.45, 7) is 14.2. The summed E-state index contributed by atoms with van der Waals surface area (Å²) in [6, 6.07) is 25.8. The molecule has 8 rings (SSSR count). The van der Waals surface area contributed by atoms with Crippen molar-refractivity contribution in [1.29, 1.82) is 0 Å². The highest BCUT2D eigenvalue weighted by Crippen LogP contribution is 2.61. The Morgan fingerprint density at radius 1 is 0.984 bits per heavy atom. The minimum absolute atomic E-state index is 0.0456. The predicted octanol–water partition coefficient (Wildman–Crippen LogP) is 8.24. The van der Waals surface area contributed by atoms with E-state index < -0.39 is 37.1 Å². The number of nitrogens with zero attached hydrogens (tertiary/aromatic N) is 6. The molecule has 62 heavy (non-hydrogen) atoms. The lowest BCUT2D eigenvalue weighted by Crippen LogP contribution is -2.55. The normalized spacial score (nSPS) is 24.1. The molecule has 4 aliphatic heterocycles. The number of aromatic nitrogens is 3. The first-order chi connectivity index (χ1) is 29.8. The van der Waals surface area contributed by atoms with Gasteiger partial charge in [0.25, 0.3) is 11.8 Å². The first-order valence-corrected chi connectivity index (χ1v) is 25.3. The third-order valence-electron chi connectivity index (χ3n) is 13.9. The average Bonchev–Trinajstić information content (AvgIpc) is 3.98. The molecule has 3 fully saturated rings. The van der Waals surface area contributed by atoms with Gasteiger partial charge < -0.3 is 29.1 Å². The predicted molar refractivity (Wildman–Crippen MR) is 245 cm³/mol. The number of aliphatic hydroxyl groups is 1. The molecule has 2 amide bonds. The molecule has 2 N–H and O–H groups in total. The lowest BCUT2D eigenvalue weighted by Gasteiger charge is -2.39. The highest BCUT2D eigenvalue weighted by molar-refractivity contribution is 6.72. The number of ether oxygens (including phenoxy) is 1. The van der Waals surface area contributed by atoms with Gasteiger partial charge in [-0.2, -0.15) is 0 Å². The molecule has 3 saturated heterocycles. The molecule has 0 bridgehead atoms. The van der Waals surface area contributed by atoms with Crippen molar-refractivity contribution in [1.82, 2.24) is 20.3 Å². The van der Waals surface area contributed by atoms with Crippen LogP contribution in [0.2, 0.25) is 18.6 Å².